The number of carbonyl (C=O) groups excluding carboxylic acids is 1. The largest absolute Gasteiger partial charge is 0.313 e. The molecule has 0 aliphatic heterocycles. The lowest BCUT2D eigenvalue weighted by Crippen LogP contribution is -2.04. The van der Waals surface area contributed by atoms with E-state index in [1.54, 1.807) is 0 Å². The van der Waals surface area contributed by atoms with Crippen molar-refractivity contribution in [1.29, 1.82) is 0 Å². The van der Waals surface area contributed by atoms with Gasteiger partial charge in [-0.2, -0.15) is 0 Å². The second kappa shape index (κ2) is 10.7. The van der Waals surface area contributed by atoms with E-state index in [9.17, 15) is 14.9 Å². The molecule has 0 aliphatic rings. The average Bonchev–Trinajstić information content (AvgIpc) is 1.87. The summed E-state index contributed by atoms with van der Waals surface area (Å²) in [5, 5.41) is 7.99. The quantitative estimate of drug-likeness (QED) is 0.324. The molecule has 8 heteroatoms. The highest BCUT2D eigenvalue weighted by Crippen LogP contribution is 1.88. The van der Waals surface area contributed by atoms with Crippen LogP contribution in [0.3, 0.4) is 0 Å². The molecule has 5 nitrogen and oxygen atoms in total. The van der Waals surface area contributed by atoms with Gasteiger partial charge in [-0.15, -0.1) is 33.3 Å². The third-order valence-electron chi connectivity index (χ3n) is 0.495. The lowest BCUT2D eigenvalue weighted by atomic mass is 10.5. The first-order chi connectivity index (χ1) is 5.54. The predicted molar refractivity (Wildman–Crippen MR) is 45.0 cm³/mol. The fraction of sp³-hybridized carbons (Fsp3) is 0.750. The molecule has 0 fully saturated rings. The van der Waals surface area contributed by atoms with Crippen LogP contribution in [0.4, 0.5) is 0 Å². The number of alkyl halides is 2. The molecule has 72 valence electrons. The minimum absolute atomic E-state index is 0.136. The van der Waals surface area contributed by atoms with E-state index in [0.717, 1.165) is 0 Å². The highest BCUT2D eigenvalue weighted by atomic mass is 35.5. The second-order valence-electron chi connectivity index (χ2n) is 1.26. The van der Waals surface area contributed by atoms with Crippen LogP contribution >= 0.6 is 34.8 Å². The molecule has 0 aromatic heterocycles. The van der Waals surface area contributed by atoms with Crippen LogP contribution in [0.15, 0.2) is 0 Å². The first-order valence-corrected chi connectivity index (χ1v) is 4.06. The second-order valence-corrected chi connectivity index (χ2v) is 2.49. The minimum Gasteiger partial charge on any atom is -0.313 e. The van der Waals surface area contributed by atoms with Gasteiger partial charge in [0.15, 0.2) is 0 Å². The molecule has 0 bridgehead atoms. The maximum Gasteiger partial charge on any atom is 0.294 e. The third-order valence-corrected chi connectivity index (χ3v) is 0.684. The van der Waals surface area contributed by atoms with E-state index in [4.69, 9.17) is 34.8 Å². The number of hydrogen-bond donors (Lipinski definition) is 0. The molecule has 0 saturated carbocycles. The molecule has 0 aromatic rings. The van der Waals surface area contributed by atoms with Crippen LogP contribution in [-0.4, -0.2) is 22.3 Å². The first-order valence-electron chi connectivity index (χ1n) is 2.62. The topological polar surface area (TPSA) is 69.4 Å². The van der Waals surface area contributed by atoms with Gasteiger partial charge in [-0.05, 0) is 11.6 Å². The van der Waals surface area contributed by atoms with Crippen molar-refractivity contribution in [2.24, 2.45) is 0 Å². The molecular weight excluding hydrogens is 232 g/mol. The summed E-state index contributed by atoms with van der Waals surface area (Å²) in [5.41, 5.74) is 0. The van der Waals surface area contributed by atoms with Gasteiger partial charge < -0.3 is 4.84 Å². The maximum atomic E-state index is 9.89. The number of rotatable bonds is 4. The average molecular weight is 238 g/mol. The molecule has 0 heterocycles. The smallest absolute Gasteiger partial charge is 0.294 e. The van der Waals surface area contributed by atoms with E-state index in [0.29, 0.717) is 0 Å². The summed E-state index contributed by atoms with van der Waals surface area (Å²) in [6, 6.07) is 0. The Bertz CT molecular complexity index is 128. The zero-order chi connectivity index (χ0) is 9.98. The van der Waals surface area contributed by atoms with Gasteiger partial charge in [0.25, 0.3) is 5.09 Å². The zero-order valence-electron chi connectivity index (χ0n) is 5.84. The Kier molecular flexibility index (Phi) is 12.8. The highest BCUT2D eigenvalue weighted by Gasteiger charge is 1.97. The molecular formula is C4H6Cl3NO4. The van der Waals surface area contributed by atoms with Gasteiger partial charge in [0.05, 0.1) is 5.34 Å². The van der Waals surface area contributed by atoms with E-state index in [1.807, 2.05) is 0 Å². The van der Waals surface area contributed by atoms with Crippen molar-refractivity contribution in [2.45, 2.75) is 6.42 Å². The molecule has 0 rings (SSSR count). The molecule has 0 N–H and O–H groups in total. The number of hydrogen-bond acceptors (Lipinski definition) is 4. The van der Waals surface area contributed by atoms with E-state index in [1.165, 1.54) is 0 Å². The molecule has 0 amide bonds. The van der Waals surface area contributed by atoms with Crippen LogP contribution in [0.1, 0.15) is 6.42 Å². The van der Waals surface area contributed by atoms with Gasteiger partial charge in [-0.25, -0.2) is 0 Å². The maximum absolute atomic E-state index is 9.89. The zero-order valence-corrected chi connectivity index (χ0v) is 8.10. The van der Waals surface area contributed by atoms with Gasteiger partial charge in [-0.3, -0.25) is 4.79 Å². The van der Waals surface area contributed by atoms with Gasteiger partial charge in [-0.1, -0.05) is 0 Å². The summed E-state index contributed by atoms with van der Waals surface area (Å²) >= 11 is 14.3. The van der Waals surface area contributed by atoms with Crippen molar-refractivity contribution in [2.75, 3.05) is 11.9 Å². The van der Waals surface area contributed by atoms with Gasteiger partial charge in [0, 0.05) is 6.42 Å². The van der Waals surface area contributed by atoms with Crippen molar-refractivity contribution < 1.29 is 14.7 Å². The molecule has 0 saturated heterocycles. The predicted octanol–water partition coefficient (Wildman–Crippen LogP) is 1.77. The third kappa shape index (κ3) is 22.6. The van der Waals surface area contributed by atoms with E-state index in [2.05, 4.69) is 4.84 Å². The molecule has 0 radical (unpaired) electrons. The fourth-order valence-corrected chi connectivity index (χ4v) is 0.278. The first kappa shape index (κ1) is 14.3. The molecule has 0 aliphatic carbocycles. The van der Waals surface area contributed by atoms with Crippen molar-refractivity contribution in [3.8, 4) is 0 Å². The number of nitrogens with zero attached hydrogens (tertiary/aromatic N) is 1. The van der Waals surface area contributed by atoms with Gasteiger partial charge in [0.1, 0.15) is 6.61 Å². The summed E-state index contributed by atoms with van der Waals surface area (Å²) in [7, 11) is 0. The molecule has 0 atom stereocenters. The van der Waals surface area contributed by atoms with Gasteiger partial charge >= 0.3 is 0 Å². The van der Waals surface area contributed by atoms with Crippen molar-refractivity contribution >= 4 is 40.0 Å². The Hall–Kier alpha value is -0.260. The Labute approximate surface area is 83.6 Å². The Morgan fingerprint density at radius 3 is 2.17 bits per heavy atom. The summed E-state index contributed by atoms with van der Waals surface area (Å²) in [4.78, 5) is 23.1. The normalized spacial score (nSPS) is 7.92. The number of halogens is 3. The van der Waals surface area contributed by atoms with Crippen LogP contribution in [0, 0.1) is 10.1 Å². The standard InChI is InChI=1S/C3H4ClNO4.CH2Cl2/c4-3(6)1-2-9-5(7)8;2-1-3/h1-2H2;1H2. The lowest BCUT2D eigenvalue weighted by Gasteiger charge is -1.91. The van der Waals surface area contributed by atoms with Crippen LogP contribution in [0.5, 0.6) is 0 Å². The van der Waals surface area contributed by atoms with E-state index >= 15 is 0 Å². The SMILES string of the molecule is ClCCl.O=C(Cl)CCO[N+](=O)[O-]. The van der Waals surface area contributed by atoms with Crippen LogP contribution in [0.2, 0.25) is 0 Å². The molecule has 12 heavy (non-hydrogen) atoms. The van der Waals surface area contributed by atoms with Crippen LogP contribution in [-0.2, 0) is 9.63 Å². The molecule has 0 unspecified atom stereocenters. The monoisotopic (exact) mass is 237 g/mol. The molecule has 0 spiro atoms. The highest BCUT2D eigenvalue weighted by molar-refractivity contribution is 6.63. The summed E-state index contributed by atoms with van der Waals surface area (Å²) in [5.74, 6) is 0. The molecule has 0 aromatic carbocycles. The summed E-state index contributed by atoms with van der Waals surface area (Å²) in [6.45, 7) is -0.269. The van der Waals surface area contributed by atoms with Crippen molar-refractivity contribution in [1.82, 2.24) is 0 Å². The Morgan fingerprint density at radius 2 is 1.92 bits per heavy atom. The van der Waals surface area contributed by atoms with E-state index in [-0.39, 0.29) is 18.4 Å². The minimum atomic E-state index is -0.972. The van der Waals surface area contributed by atoms with E-state index < -0.39 is 10.3 Å². The fourth-order valence-electron chi connectivity index (χ4n) is 0.200. The van der Waals surface area contributed by atoms with Crippen molar-refractivity contribution in [3.05, 3.63) is 10.1 Å². The summed E-state index contributed by atoms with van der Waals surface area (Å²) < 4.78 is 0. The lowest BCUT2D eigenvalue weighted by molar-refractivity contribution is -0.757. The van der Waals surface area contributed by atoms with Crippen LogP contribution < -0.4 is 0 Å². The summed E-state index contributed by atoms with van der Waals surface area (Å²) in [6.07, 6.45) is -0.136. The van der Waals surface area contributed by atoms with Crippen molar-refractivity contribution in [3.63, 3.8) is 0 Å². The Balaban J connectivity index is 0. The van der Waals surface area contributed by atoms with Gasteiger partial charge in [0.2, 0.25) is 5.24 Å². The Morgan fingerprint density at radius 1 is 1.50 bits per heavy atom. The number of carbonyl (C=O) groups is 1. The van der Waals surface area contributed by atoms with Crippen LogP contribution in [0.25, 0.3) is 0 Å².